The number of hydrogen-bond donors (Lipinski definition) is 0. The molecule has 19 heavy (non-hydrogen) atoms. The van der Waals surface area contributed by atoms with Crippen LogP contribution in [0.25, 0.3) is 10.4 Å². The molecule has 0 N–H and O–H groups in total. The third-order valence-electron chi connectivity index (χ3n) is 3.05. The Kier molecular flexibility index (Phi) is 4.29. The SMILES string of the molecule is COc1ccc(Br)c(N2CC(CN=[N+]=[N-])CC2=O)c1. The molecule has 6 nitrogen and oxygen atoms in total. The Morgan fingerprint density at radius 3 is 3.11 bits per heavy atom. The van der Waals surface area contributed by atoms with Gasteiger partial charge in [0, 0.05) is 35.0 Å². The molecule has 0 saturated carbocycles. The van der Waals surface area contributed by atoms with Gasteiger partial charge >= 0.3 is 0 Å². The lowest BCUT2D eigenvalue weighted by Gasteiger charge is -2.19. The number of carbonyl (C=O) groups excluding carboxylic acids is 1. The third kappa shape index (κ3) is 3.00. The maximum atomic E-state index is 12.0. The zero-order chi connectivity index (χ0) is 13.8. The fourth-order valence-corrected chi connectivity index (χ4v) is 2.58. The molecule has 1 unspecified atom stereocenters. The minimum atomic E-state index is 0.0343. The molecule has 7 heteroatoms. The molecule has 1 atom stereocenters. The maximum Gasteiger partial charge on any atom is 0.227 e. The fraction of sp³-hybridized carbons (Fsp3) is 0.417. The summed E-state index contributed by atoms with van der Waals surface area (Å²) in [5.41, 5.74) is 9.11. The molecule has 0 spiro atoms. The van der Waals surface area contributed by atoms with Crippen LogP contribution in [0.1, 0.15) is 6.42 Å². The number of halogens is 1. The van der Waals surface area contributed by atoms with E-state index in [1.807, 2.05) is 18.2 Å². The summed E-state index contributed by atoms with van der Waals surface area (Å²) >= 11 is 3.44. The largest absolute Gasteiger partial charge is 0.497 e. The quantitative estimate of drug-likeness (QED) is 0.484. The van der Waals surface area contributed by atoms with E-state index in [0.717, 1.165) is 10.2 Å². The molecule has 2 rings (SSSR count). The lowest BCUT2D eigenvalue weighted by molar-refractivity contribution is -0.117. The summed E-state index contributed by atoms with van der Waals surface area (Å²) in [6, 6.07) is 5.49. The van der Waals surface area contributed by atoms with E-state index in [2.05, 4.69) is 26.0 Å². The summed E-state index contributed by atoms with van der Waals surface area (Å²) in [5, 5.41) is 3.54. The van der Waals surface area contributed by atoms with Crippen molar-refractivity contribution in [2.75, 3.05) is 25.1 Å². The number of carbonyl (C=O) groups is 1. The highest BCUT2D eigenvalue weighted by atomic mass is 79.9. The molecule has 100 valence electrons. The molecule has 1 heterocycles. The van der Waals surface area contributed by atoms with E-state index in [-0.39, 0.29) is 11.8 Å². The van der Waals surface area contributed by atoms with Crippen molar-refractivity contribution in [2.24, 2.45) is 11.0 Å². The molecule has 0 aliphatic carbocycles. The van der Waals surface area contributed by atoms with Crippen LogP contribution in [0.3, 0.4) is 0 Å². The predicted molar refractivity (Wildman–Crippen MR) is 75.2 cm³/mol. The Hall–Kier alpha value is -1.72. The summed E-state index contributed by atoms with van der Waals surface area (Å²) < 4.78 is 6.01. The van der Waals surface area contributed by atoms with E-state index in [1.165, 1.54) is 0 Å². The normalized spacial score (nSPS) is 18.3. The van der Waals surface area contributed by atoms with E-state index in [9.17, 15) is 4.79 Å². The average Bonchev–Trinajstić information content (AvgIpc) is 2.78. The van der Waals surface area contributed by atoms with Crippen molar-refractivity contribution >= 4 is 27.5 Å². The first-order chi connectivity index (χ1) is 9.15. The van der Waals surface area contributed by atoms with Crippen LogP contribution in [0.15, 0.2) is 27.8 Å². The van der Waals surface area contributed by atoms with E-state index in [4.69, 9.17) is 10.3 Å². The minimum absolute atomic E-state index is 0.0343. The first-order valence-corrected chi connectivity index (χ1v) is 6.59. The van der Waals surface area contributed by atoms with Gasteiger partial charge in [-0.3, -0.25) is 4.79 Å². The number of azide groups is 1. The van der Waals surface area contributed by atoms with E-state index in [0.29, 0.717) is 25.3 Å². The monoisotopic (exact) mass is 324 g/mol. The van der Waals surface area contributed by atoms with E-state index < -0.39 is 0 Å². The summed E-state index contributed by atoms with van der Waals surface area (Å²) in [5.74, 6) is 0.804. The van der Waals surface area contributed by atoms with Crippen molar-refractivity contribution in [1.29, 1.82) is 0 Å². The highest BCUT2D eigenvalue weighted by Crippen LogP contribution is 2.34. The molecule has 0 radical (unpaired) electrons. The summed E-state index contributed by atoms with van der Waals surface area (Å²) in [4.78, 5) is 16.5. The second-order valence-electron chi connectivity index (χ2n) is 4.31. The Bertz CT molecular complexity index is 543. The first-order valence-electron chi connectivity index (χ1n) is 5.80. The zero-order valence-corrected chi connectivity index (χ0v) is 12.0. The Balaban J connectivity index is 2.22. The number of benzene rings is 1. The van der Waals surface area contributed by atoms with Gasteiger partial charge in [-0.2, -0.15) is 0 Å². The number of hydrogen-bond acceptors (Lipinski definition) is 3. The molecular formula is C12H13BrN4O2. The van der Waals surface area contributed by atoms with Gasteiger partial charge in [0.05, 0.1) is 12.8 Å². The number of nitrogens with zero attached hydrogens (tertiary/aromatic N) is 4. The van der Waals surface area contributed by atoms with Crippen LogP contribution >= 0.6 is 15.9 Å². The van der Waals surface area contributed by atoms with Gasteiger partial charge < -0.3 is 9.64 Å². The lowest BCUT2D eigenvalue weighted by atomic mass is 10.1. The number of anilines is 1. The van der Waals surface area contributed by atoms with Gasteiger partial charge in [-0.1, -0.05) is 5.11 Å². The Morgan fingerprint density at radius 2 is 2.42 bits per heavy atom. The van der Waals surface area contributed by atoms with Crippen LogP contribution in [0.4, 0.5) is 5.69 Å². The van der Waals surface area contributed by atoms with Crippen LogP contribution in [-0.4, -0.2) is 26.1 Å². The van der Waals surface area contributed by atoms with E-state index in [1.54, 1.807) is 12.0 Å². The van der Waals surface area contributed by atoms with Crippen molar-refractivity contribution in [3.63, 3.8) is 0 Å². The topological polar surface area (TPSA) is 78.3 Å². The van der Waals surface area contributed by atoms with Gasteiger partial charge in [0.1, 0.15) is 5.75 Å². The summed E-state index contributed by atoms with van der Waals surface area (Å²) in [6.45, 7) is 0.907. The molecule has 1 saturated heterocycles. The van der Waals surface area contributed by atoms with Crippen molar-refractivity contribution in [2.45, 2.75) is 6.42 Å². The van der Waals surface area contributed by atoms with Crippen molar-refractivity contribution in [3.8, 4) is 5.75 Å². The van der Waals surface area contributed by atoms with Gasteiger partial charge in [-0.15, -0.1) is 0 Å². The van der Waals surface area contributed by atoms with Gasteiger partial charge in [0.25, 0.3) is 0 Å². The molecule has 1 aromatic rings. The number of rotatable bonds is 4. The second-order valence-corrected chi connectivity index (χ2v) is 5.16. The van der Waals surface area contributed by atoms with Crippen LogP contribution in [0.2, 0.25) is 0 Å². The Labute approximate surface area is 119 Å². The van der Waals surface area contributed by atoms with Crippen LogP contribution in [0, 0.1) is 5.92 Å². The van der Waals surface area contributed by atoms with Crippen LogP contribution < -0.4 is 9.64 Å². The van der Waals surface area contributed by atoms with Crippen LogP contribution in [-0.2, 0) is 4.79 Å². The summed E-state index contributed by atoms with van der Waals surface area (Å²) in [7, 11) is 1.59. The number of amides is 1. The fourth-order valence-electron chi connectivity index (χ4n) is 2.11. The van der Waals surface area contributed by atoms with Crippen LogP contribution in [0.5, 0.6) is 5.75 Å². The third-order valence-corrected chi connectivity index (χ3v) is 3.72. The highest BCUT2D eigenvalue weighted by molar-refractivity contribution is 9.10. The van der Waals surface area contributed by atoms with Gasteiger partial charge in [-0.05, 0) is 39.5 Å². The molecule has 1 aliphatic heterocycles. The average molecular weight is 325 g/mol. The molecule has 1 aliphatic rings. The van der Waals surface area contributed by atoms with E-state index >= 15 is 0 Å². The second kappa shape index (κ2) is 5.95. The molecule has 0 bridgehead atoms. The summed E-state index contributed by atoms with van der Waals surface area (Å²) in [6.07, 6.45) is 0.405. The first kappa shape index (κ1) is 13.7. The van der Waals surface area contributed by atoms with Gasteiger partial charge in [0.2, 0.25) is 5.91 Å². The van der Waals surface area contributed by atoms with Crippen molar-refractivity contribution < 1.29 is 9.53 Å². The molecule has 1 amide bonds. The molecule has 1 fully saturated rings. The zero-order valence-electron chi connectivity index (χ0n) is 10.4. The maximum absolute atomic E-state index is 12.0. The van der Waals surface area contributed by atoms with Gasteiger partial charge in [-0.25, -0.2) is 0 Å². The standard InChI is InChI=1S/C12H13BrN4O2/c1-19-9-2-3-10(13)11(5-9)17-7-8(4-12(17)18)6-15-16-14/h2-3,5,8H,4,6-7H2,1H3. The molecular weight excluding hydrogens is 312 g/mol. The predicted octanol–water partition coefficient (Wildman–Crippen LogP) is 3.12. The van der Waals surface area contributed by atoms with Gasteiger partial charge in [0.15, 0.2) is 0 Å². The molecule has 0 aromatic heterocycles. The lowest BCUT2D eigenvalue weighted by Crippen LogP contribution is -2.25. The smallest absolute Gasteiger partial charge is 0.227 e. The Morgan fingerprint density at radius 1 is 1.63 bits per heavy atom. The number of methoxy groups -OCH3 is 1. The van der Waals surface area contributed by atoms with Crippen molar-refractivity contribution in [1.82, 2.24) is 0 Å². The minimum Gasteiger partial charge on any atom is -0.497 e. The molecule has 1 aromatic carbocycles. The highest BCUT2D eigenvalue weighted by Gasteiger charge is 2.31. The number of ether oxygens (including phenoxy) is 1. The van der Waals surface area contributed by atoms with Crippen molar-refractivity contribution in [3.05, 3.63) is 33.1 Å².